The molecule has 0 aliphatic carbocycles. The minimum atomic E-state index is -0.215. The molecule has 2 aromatic rings. The van der Waals surface area contributed by atoms with E-state index in [1.54, 1.807) is 12.1 Å². The quantitative estimate of drug-likeness (QED) is 0.755. The maximum Gasteiger partial charge on any atom is 0.191 e. The van der Waals surface area contributed by atoms with Crippen molar-refractivity contribution in [2.45, 2.75) is 6.61 Å². The van der Waals surface area contributed by atoms with Crippen LogP contribution in [0.3, 0.4) is 0 Å². The van der Waals surface area contributed by atoms with Crippen LogP contribution in [0.2, 0.25) is 0 Å². The molecular weight excluding hydrogens is 260 g/mol. The maximum atomic E-state index is 12.0. The van der Waals surface area contributed by atoms with Crippen molar-refractivity contribution in [1.29, 1.82) is 0 Å². The number of nitrogen functional groups attached to an aromatic ring is 1. The number of pyridine rings is 1. The Bertz CT molecular complexity index is 709. The molecule has 0 fully saturated rings. The van der Waals surface area contributed by atoms with Gasteiger partial charge in [-0.05, 0) is 23.3 Å². The van der Waals surface area contributed by atoms with Crippen LogP contribution in [0.4, 0.5) is 5.82 Å². The number of nitrogens with one attached hydrogen (secondary N) is 1. The molecule has 104 valence electrons. The molecule has 0 saturated heterocycles. The van der Waals surface area contributed by atoms with Crippen molar-refractivity contribution in [3.8, 4) is 22.6 Å². The Morgan fingerprint density at radius 1 is 1.15 bits per heavy atom. The highest BCUT2D eigenvalue weighted by Crippen LogP contribution is 2.36. The third-order valence-electron chi connectivity index (χ3n) is 3.16. The molecule has 0 radical (unpaired) electrons. The Labute approximate surface area is 114 Å². The Morgan fingerprint density at radius 3 is 2.50 bits per heavy atom. The van der Waals surface area contributed by atoms with E-state index in [-0.39, 0.29) is 12.0 Å². The lowest BCUT2D eigenvalue weighted by molar-refractivity contribution is 0.171. The highest BCUT2D eigenvalue weighted by molar-refractivity contribution is 5.71. The molecular formula is C14H14N2O4. The van der Waals surface area contributed by atoms with Gasteiger partial charge in [0.1, 0.15) is 19.0 Å². The maximum absolute atomic E-state index is 12.0. The predicted octanol–water partition coefficient (Wildman–Crippen LogP) is 0.888. The van der Waals surface area contributed by atoms with E-state index in [1.165, 1.54) is 12.3 Å². The smallest absolute Gasteiger partial charge is 0.191 e. The van der Waals surface area contributed by atoms with E-state index < -0.39 is 0 Å². The third-order valence-corrected chi connectivity index (χ3v) is 3.16. The zero-order chi connectivity index (χ0) is 14.1. The van der Waals surface area contributed by atoms with Gasteiger partial charge in [-0.25, -0.2) is 0 Å². The second-order valence-electron chi connectivity index (χ2n) is 4.48. The summed E-state index contributed by atoms with van der Waals surface area (Å²) < 4.78 is 11.0. The summed E-state index contributed by atoms with van der Waals surface area (Å²) in [6, 6.07) is 4.72. The first-order valence-electron chi connectivity index (χ1n) is 6.21. The Hall–Kier alpha value is -2.47. The fraction of sp³-hybridized carbons (Fsp3) is 0.214. The van der Waals surface area contributed by atoms with Gasteiger partial charge in [-0.3, -0.25) is 4.79 Å². The van der Waals surface area contributed by atoms with E-state index in [2.05, 4.69) is 4.98 Å². The number of aromatic amines is 1. The first-order valence-corrected chi connectivity index (χ1v) is 6.21. The SMILES string of the molecule is Nc1cc(=O)c(-c2cc3c(cc2CO)OCCO3)c[nH]1. The van der Waals surface area contributed by atoms with Crippen LogP contribution in [0.5, 0.6) is 11.5 Å². The zero-order valence-electron chi connectivity index (χ0n) is 10.7. The van der Waals surface area contributed by atoms with Gasteiger partial charge < -0.3 is 25.3 Å². The molecule has 0 unspecified atom stereocenters. The number of anilines is 1. The van der Waals surface area contributed by atoms with Crippen molar-refractivity contribution in [3.63, 3.8) is 0 Å². The van der Waals surface area contributed by atoms with Crippen LogP contribution < -0.4 is 20.6 Å². The number of nitrogens with two attached hydrogens (primary N) is 1. The standard InChI is InChI=1S/C14H14N2O4/c15-14-5-11(18)10(6-16-14)9-4-13-12(3-8(9)7-17)19-1-2-20-13/h3-6,17H,1-2,7H2,(H3,15,16,18). The molecule has 0 spiro atoms. The van der Waals surface area contributed by atoms with Crippen molar-refractivity contribution >= 4 is 5.82 Å². The van der Waals surface area contributed by atoms with Crippen molar-refractivity contribution < 1.29 is 14.6 Å². The average molecular weight is 274 g/mol. The summed E-state index contributed by atoms with van der Waals surface area (Å²) in [5.74, 6) is 1.44. The summed E-state index contributed by atoms with van der Waals surface area (Å²) in [5.41, 5.74) is 6.96. The van der Waals surface area contributed by atoms with Gasteiger partial charge in [0.2, 0.25) is 0 Å². The summed E-state index contributed by atoms with van der Waals surface area (Å²) in [4.78, 5) is 14.8. The number of hydrogen-bond acceptors (Lipinski definition) is 5. The van der Waals surface area contributed by atoms with Gasteiger partial charge in [-0.15, -0.1) is 0 Å². The first kappa shape index (κ1) is 12.6. The van der Waals surface area contributed by atoms with E-state index in [0.717, 1.165) is 0 Å². The van der Waals surface area contributed by atoms with E-state index in [9.17, 15) is 9.90 Å². The van der Waals surface area contributed by atoms with Crippen LogP contribution in [-0.4, -0.2) is 23.3 Å². The molecule has 0 amide bonds. The number of fused-ring (bicyclic) bond motifs is 1. The summed E-state index contributed by atoms with van der Waals surface area (Å²) >= 11 is 0. The van der Waals surface area contributed by atoms with Gasteiger partial charge >= 0.3 is 0 Å². The molecule has 3 rings (SSSR count). The number of benzene rings is 1. The monoisotopic (exact) mass is 274 g/mol. The Morgan fingerprint density at radius 2 is 1.85 bits per heavy atom. The molecule has 1 aliphatic rings. The normalized spacial score (nSPS) is 13.2. The van der Waals surface area contributed by atoms with E-state index in [0.29, 0.717) is 47.2 Å². The van der Waals surface area contributed by atoms with Crippen LogP contribution in [0.1, 0.15) is 5.56 Å². The molecule has 0 saturated carbocycles. The molecule has 1 aliphatic heterocycles. The van der Waals surface area contributed by atoms with Crippen molar-refractivity contribution in [3.05, 3.63) is 40.2 Å². The number of aliphatic hydroxyl groups excluding tert-OH is 1. The number of ether oxygens (including phenoxy) is 2. The average Bonchev–Trinajstić information content (AvgIpc) is 2.46. The van der Waals surface area contributed by atoms with Gasteiger partial charge in [0.05, 0.1) is 6.61 Å². The van der Waals surface area contributed by atoms with Crippen LogP contribution in [0, 0.1) is 0 Å². The largest absolute Gasteiger partial charge is 0.486 e. The van der Waals surface area contributed by atoms with Gasteiger partial charge in [-0.2, -0.15) is 0 Å². The first-order chi connectivity index (χ1) is 9.69. The van der Waals surface area contributed by atoms with Gasteiger partial charge in [0.15, 0.2) is 16.9 Å². The third kappa shape index (κ3) is 2.10. The van der Waals surface area contributed by atoms with Gasteiger partial charge in [0, 0.05) is 17.8 Å². The van der Waals surface area contributed by atoms with Gasteiger partial charge in [0.25, 0.3) is 0 Å². The summed E-state index contributed by atoms with van der Waals surface area (Å²) in [7, 11) is 0. The minimum absolute atomic E-state index is 0.199. The molecule has 6 nitrogen and oxygen atoms in total. The molecule has 1 aromatic carbocycles. The number of rotatable bonds is 2. The summed E-state index contributed by atoms with van der Waals surface area (Å²) in [6.45, 7) is 0.735. The lowest BCUT2D eigenvalue weighted by Gasteiger charge is -2.20. The predicted molar refractivity (Wildman–Crippen MR) is 73.8 cm³/mol. The van der Waals surface area contributed by atoms with E-state index in [4.69, 9.17) is 15.2 Å². The number of hydrogen-bond donors (Lipinski definition) is 3. The topological polar surface area (TPSA) is 97.6 Å². The molecule has 0 atom stereocenters. The molecule has 4 N–H and O–H groups in total. The number of aliphatic hydroxyl groups is 1. The minimum Gasteiger partial charge on any atom is -0.486 e. The van der Waals surface area contributed by atoms with Crippen molar-refractivity contribution in [1.82, 2.24) is 4.98 Å². The fourth-order valence-electron chi connectivity index (χ4n) is 2.21. The Balaban J connectivity index is 2.19. The highest BCUT2D eigenvalue weighted by Gasteiger charge is 2.17. The van der Waals surface area contributed by atoms with Crippen molar-refractivity contribution in [2.75, 3.05) is 18.9 Å². The highest BCUT2D eigenvalue weighted by atomic mass is 16.6. The van der Waals surface area contributed by atoms with E-state index in [1.807, 2.05) is 0 Å². The second kappa shape index (κ2) is 4.90. The second-order valence-corrected chi connectivity index (χ2v) is 4.48. The lowest BCUT2D eigenvalue weighted by atomic mass is 10.00. The summed E-state index contributed by atoms with van der Waals surface area (Å²) in [5, 5.41) is 9.49. The van der Waals surface area contributed by atoms with Crippen LogP contribution >= 0.6 is 0 Å². The number of H-pyrrole nitrogens is 1. The van der Waals surface area contributed by atoms with E-state index >= 15 is 0 Å². The molecule has 6 heteroatoms. The van der Waals surface area contributed by atoms with Gasteiger partial charge in [-0.1, -0.05) is 0 Å². The molecule has 20 heavy (non-hydrogen) atoms. The zero-order valence-corrected chi connectivity index (χ0v) is 10.7. The van der Waals surface area contributed by atoms with Crippen LogP contribution in [-0.2, 0) is 6.61 Å². The Kier molecular flexibility index (Phi) is 3.08. The van der Waals surface area contributed by atoms with Crippen LogP contribution in [0.15, 0.2) is 29.2 Å². The summed E-state index contributed by atoms with van der Waals surface area (Å²) in [6.07, 6.45) is 1.53. The number of aromatic nitrogens is 1. The lowest BCUT2D eigenvalue weighted by Crippen LogP contribution is -2.16. The van der Waals surface area contributed by atoms with Crippen LogP contribution in [0.25, 0.3) is 11.1 Å². The molecule has 0 bridgehead atoms. The van der Waals surface area contributed by atoms with Crippen molar-refractivity contribution in [2.24, 2.45) is 0 Å². The molecule has 2 heterocycles. The molecule has 1 aromatic heterocycles. The fourth-order valence-corrected chi connectivity index (χ4v) is 2.21.